The Morgan fingerprint density at radius 1 is 1.24 bits per heavy atom. The monoisotopic (exact) mass is 298 g/mol. The smallest absolute Gasteiger partial charge is 0.251 e. The zero-order chi connectivity index (χ0) is 12.8. The topological polar surface area (TPSA) is 49.4 Å². The van der Waals surface area contributed by atoms with E-state index in [0.717, 1.165) is 10.9 Å². The van der Waals surface area contributed by atoms with Gasteiger partial charge in [-0.2, -0.15) is 0 Å². The van der Waals surface area contributed by atoms with Crippen molar-refractivity contribution >= 4 is 27.7 Å². The molecule has 0 aliphatic carbocycles. The zero-order valence-electron chi connectivity index (χ0n) is 9.87. The fraction of sp³-hybridized carbons (Fsp3) is 0.333. The van der Waals surface area contributed by atoms with Crippen molar-refractivity contribution in [3.05, 3.63) is 35.4 Å². The number of carbonyl (C=O) groups is 2. The van der Waals surface area contributed by atoms with E-state index < -0.39 is 0 Å². The molecule has 0 aromatic heterocycles. The lowest BCUT2D eigenvalue weighted by atomic mass is 10.1. The maximum absolute atomic E-state index is 11.7. The standard InChI is InChI=1S/C12H15BrN2O2/c1-15(2)11(16)8-14-12(17)10-5-3-9(7-13)4-6-10/h3-6H,7-8H2,1-2H3,(H,14,17). The Morgan fingerprint density at radius 2 is 1.82 bits per heavy atom. The fourth-order valence-corrected chi connectivity index (χ4v) is 1.54. The van der Waals surface area contributed by atoms with Gasteiger partial charge in [0.25, 0.3) is 5.91 Å². The molecule has 0 heterocycles. The summed E-state index contributed by atoms with van der Waals surface area (Å²) >= 11 is 3.33. The molecule has 0 saturated heterocycles. The molecule has 1 N–H and O–H groups in total. The zero-order valence-corrected chi connectivity index (χ0v) is 11.5. The van der Waals surface area contributed by atoms with Crippen molar-refractivity contribution in [3.8, 4) is 0 Å². The minimum atomic E-state index is -0.235. The molecule has 0 saturated carbocycles. The Kier molecular flexibility index (Phi) is 5.15. The van der Waals surface area contributed by atoms with Gasteiger partial charge in [0.05, 0.1) is 6.54 Å². The van der Waals surface area contributed by atoms with Gasteiger partial charge in [-0.15, -0.1) is 0 Å². The van der Waals surface area contributed by atoms with Crippen LogP contribution in [-0.4, -0.2) is 37.4 Å². The van der Waals surface area contributed by atoms with Gasteiger partial charge in [-0.1, -0.05) is 28.1 Å². The molecule has 0 unspecified atom stereocenters. The number of hydrogen-bond acceptors (Lipinski definition) is 2. The molecule has 1 aromatic carbocycles. The molecule has 0 atom stereocenters. The van der Waals surface area contributed by atoms with Gasteiger partial charge in [0.1, 0.15) is 0 Å². The number of benzene rings is 1. The largest absolute Gasteiger partial charge is 0.347 e. The Morgan fingerprint density at radius 3 is 2.29 bits per heavy atom. The van der Waals surface area contributed by atoms with Crippen molar-refractivity contribution in [2.75, 3.05) is 20.6 Å². The van der Waals surface area contributed by atoms with Crippen LogP contribution in [-0.2, 0) is 10.1 Å². The highest BCUT2D eigenvalue weighted by Gasteiger charge is 2.08. The molecule has 0 radical (unpaired) electrons. The van der Waals surface area contributed by atoms with Crippen LogP contribution >= 0.6 is 15.9 Å². The van der Waals surface area contributed by atoms with Crippen molar-refractivity contribution in [2.45, 2.75) is 5.33 Å². The van der Waals surface area contributed by atoms with Gasteiger partial charge in [0, 0.05) is 25.0 Å². The molecule has 5 heteroatoms. The highest BCUT2D eigenvalue weighted by molar-refractivity contribution is 9.08. The third-order valence-electron chi connectivity index (χ3n) is 2.27. The quantitative estimate of drug-likeness (QED) is 0.854. The number of nitrogens with one attached hydrogen (secondary N) is 1. The van der Waals surface area contributed by atoms with Crippen LogP contribution in [0, 0.1) is 0 Å². The van der Waals surface area contributed by atoms with Crippen LogP contribution in [0.5, 0.6) is 0 Å². The Balaban J connectivity index is 2.55. The normalized spacial score (nSPS) is 9.82. The number of likely N-dealkylation sites (N-methyl/N-ethyl adjacent to an activating group) is 1. The van der Waals surface area contributed by atoms with E-state index in [4.69, 9.17) is 0 Å². The molecular weight excluding hydrogens is 284 g/mol. The van der Waals surface area contributed by atoms with E-state index in [0.29, 0.717) is 5.56 Å². The minimum absolute atomic E-state index is 0.0199. The summed E-state index contributed by atoms with van der Waals surface area (Å²) in [5.41, 5.74) is 1.66. The summed E-state index contributed by atoms with van der Waals surface area (Å²) in [7, 11) is 3.30. The van der Waals surface area contributed by atoms with Crippen LogP contribution in [0.2, 0.25) is 0 Å². The number of nitrogens with zero attached hydrogens (tertiary/aromatic N) is 1. The van der Waals surface area contributed by atoms with E-state index in [9.17, 15) is 9.59 Å². The molecule has 1 aromatic rings. The first-order chi connectivity index (χ1) is 8.04. The first-order valence-corrected chi connectivity index (χ1v) is 6.30. The third-order valence-corrected chi connectivity index (χ3v) is 2.92. The summed E-state index contributed by atoms with van der Waals surface area (Å²) in [6.45, 7) is 0.0199. The third kappa shape index (κ3) is 4.19. The van der Waals surface area contributed by atoms with E-state index in [1.54, 1.807) is 26.2 Å². The highest BCUT2D eigenvalue weighted by atomic mass is 79.9. The van der Waals surface area contributed by atoms with E-state index in [2.05, 4.69) is 21.2 Å². The van der Waals surface area contributed by atoms with Crippen molar-refractivity contribution < 1.29 is 9.59 Å². The van der Waals surface area contributed by atoms with Gasteiger partial charge < -0.3 is 10.2 Å². The van der Waals surface area contributed by atoms with Crippen molar-refractivity contribution in [3.63, 3.8) is 0 Å². The lowest BCUT2D eigenvalue weighted by Crippen LogP contribution is -2.36. The maximum atomic E-state index is 11.7. The van der Waals surface area contributed by atoms with Gasteiger partial charge in [-0.05, 0) is 17.7 Å². The van der Waals surface area contributed by atoms with Crippen molar-refractivity contribution in [1.82, 2.24) is 10.2 Å². The maximum Gasteiger partial charge on any atom is 0.251 e. The summed E-state index contributed by atoms with van der Waals surface area (Å²) in [4.78, 5) is 24.4. The van der Waals surface area contributed by atoms with Crippen molar-refractivity contribution in [2.24, 2.45) is 0 Å². The highest BCUT2D eigenvalue weighted by Crippen LogP contribution is 2.07. The molecule has 17 heavy (non-hydrogen) atoms. The molecular formula is C12H15BrN2O2. The second-order valence-electron chi connectivity index (χ2n) is 3.80. The lowest BCUT2D eigenvalue weighted by molar-refractivity contribution is -0.127. The van der Waals surface area contributed by atoms with Gasteiger partial charge in [-0.25, -0.2) is 0 Å². The second-order valence-corrected chi connectivity index (χ2v) is 4.36. The Labute approximate surface area is 109 Å². The molecule has 0 fully saturated rings. The first-order valence-electron chi connectivity index (χ1n) is 5.18. The number of alkyl halides is 1. The van der Waals surface area contributed by atoms with E-state index in [-0.39, 0.29) is 18.4 Å². The number of amides is 2. The summed E-state index contributed by atoms with van der Waals surface area (Å²) in [6.07, 6.45) is 0. The van der Waals surface area contributed by atoms with Crippen LogP contribution in [0.1, 0.15) is 15.9 Å². The molecule has 4 nitrogen and oxygen atoms in total. The molecule has 0 spiro atoms. The summed E-state index contributed by atoms with van der Waals surface area (Å²) in [6, 6.07) is 7.23. The van der Waals surface area contributed by atoms with E-state index in [1.165, 1.54) is 4.90 Å². The fourth-order valence-electron chi connectivity index (χ4n) is 1.16. The van der Waals surface area contributed by atoms with Crippen LogP contribution in [0.3, 0.4) is 0 Å². The first kappa shape index (κ1) is 13.7. The summed E-state index contributed by atoms with van der Waals surface area (Å²) in [5, 5.41) is 3.33. The minimum Gasteiger partial charge on any atom is -0.347 e. The average molecular weight is 299 g/mol. The average Bonchev–Trinajstić information content (AvgIpc) is 2.35. The number of halogens is 1. The Bertz CT molecular complexity index is 401. The predicted octanol–water partition coefficient (Wildman–Crippen LogP) is 1.40. The lowest BCUT2D eigenvalue weighted by Gasteiger charge is -2.11. The van der Waals surface area contributed by atoms with Crippen LogP contribution < -0.4 is 5.32 Å². The predicted molar refractivity (Wildman–Crippen MR) is 70.1 cm³/mol. The van der Waals surface area contributed by atoms with Crippen LogP contribution in [0.4, 0.5) is 0 Å². The second kappa shape index (κ2) is 6.39. The number of hydrogen-bond donors (Lipinski definition) is 1. The van der Waals surface area contributed by atoms with Gasteiger partial charge in [-0.3, -0.25) is 9.59 Å². The molecule has 2 amide bonds. The SMILES string of the molecule is CN(C)C(=O)CNC(=O)c1ccc(CBr)cc1. The summed E-state index contributed by atoms with van der Waals surface area (Å²) in [5.74, 6) is -0.364. The molecule has 0 aliphatic rings. The van der Waals surface area contributed by atoms with Crippen molar-refractivity contribution in [1.29, 1.82) is 0 Å². The van der Waals surface area contributed by atoms with E-state index >= 15 is 0 Å². The number of rotatable bonds is 4. The van der Waals surface area contributed by atoms with Gasteiger partial charge >= 0.3 is 0 Å². The molecule has 1 rings (SSSR count). The summed E-state index contributed by atoms with van der Waals surface area (Å²) < 4.78 is 0. The molecule has 92 valence electrons. The van der Waals surface area contributed by atoms with Gasteiger partial charge in [0.2, 0.25) is 5.91 Å². The van der Waals surface area contributed by atoms with Crippen LogP contribution in [0.15, 0.2) is 24.3 Å². The molecule has 0 bridgehead atoms. The Hall–Kier alpha value is -1.36. The van der Waals surface area contributed by atoms with Crippen LogP contribution in [0.25, 0.3) is 0 Å². The molecule has 0 aliphatic heterocycles. The number of carbonyl (C=O) groups excluding carboxylic acids is 2. The van der Waals surface area contributed by atoms with E-state index in [1.807, 2.05) is 12.1 Å². The van der Waals surface area contributed by atoms with Gasteiger partial charge in [0.15, 0.2) is 0 Å².